The normalized spacial score (nSPS) is 22.0. The number of anilines is 2. The molecule has 1 aromatic carbocycles. The van der Waals surface area contributed by atoms with E-state index in [1.165, 1.54) is 6.07 Å². The van der Waals surface area contributed by atoms with E-state index in [0.29, 0.717) is 41.1 Å². The van der Waals surface area contributed by atoms with E-state index in [9.17, 15) is 4.39 Å². The maximum absolute atomic E-state index is 14.8. The number of hydrogen-bond donors (Lipinski definition) is 3. The molecule has 0 radical (unpaired) electrons. The second kappa shape index (κ2) is 6.83. The Hall–Kier alpha value is -3.33. The minimum absolute atomic E-state index is 0.248. The molecule has 1 aliphatic carbocycles. The van der Waals surface area contributed by atoms with Gasteiger partial charge in [-0.3, -0.25) is 0 Å². The van der Waals surface area contributed by atoms with Crippen LogP contribution >= 0.6 is 0 Å². The fourth-order valence-corrected chi connectivity index (χ4v) is 5.10. The number of aromatic nitrogens is 5. The van der Waals surface area contributed by atoms with Gasteiger partial charge >= 0.3 is 0 Å². The van der Waals surface area contributed by atoms with Gasteiger partial charge in [-0.15, -0.1) is 0 Å². The lowest BCUT2D eigenvalue weighted by atomic mass is 9.67. The number of benzene rings is 1. The van der Waals surface area contributed by atoms with Gasteiger partial charge in [-0.25, -0.2) is 24.3 Å². The summed E-state index contributed by atoms with van der Waals surface area (Å²) >= 11 is 0. The first-order chi connectivity index (χ1) is 15.4. The maximum atomic E-state index is 14.8. The predicted octanol–water partition coefficient (Wildman–Crippen LogP) is 2.83. The summed E-state index contributed by atoms with van der Waals surface area (Å²) in [5, 5.41) is 4.80. The summed E-state index contributed by atoms with van der Waals surface area (Å²) in [5.41, 5.74) is 9.97. The number of aryl methyl sites for hydroxylation is 2. The zero-order valence-electron chi connectivity index (χ0n) is 18.3. The lowest BCUT2D eigenvalue weighted by Crippen LogP contribution is -2.71. The summed E-state index contributed by atoms with van der Waals surface area (Å²) in [5.74, 6) is 2.52. The van der Waals surface area contributed by atoms with Gasteiger partial charge in [0.05, 0.1) is 16.6 Å². The van der Waals surface area contributed by atoms with Crippen LogP contribution in [0.2, 0.25) is 0 Å². The van der Waals surface area contributed by atoms with Crippen LogP contribution in [0.5, 0.6) is 0 Å². The SMILES string of the molecule is CNc1cc(F)c(C)c2c1[nH]c1nc(Cc3cnc(C)nc3)nc(N3CC4C(N)C[C@@H]43)c12. The van der Waals surface area contributed by atoms with E-state index >= 15 is 0 Å². The molecule has 164 valence electrons. The van der Waals surface area contributed by atoms with E-state index < -0.39 is 0 Å². The topological polar surface area (TPSA) is 109 Å². The van der Waals surface area contributed by atoms with Crippen molar-refractivity contribution < 1.29 is 4.39 Å². The molecule has 0 bridgehead atoms. The van der Waals surface area contributed by atoms with Crippen molar-refractivity contribution in [2.75, 3.05) is 23.8 Å². The summed E-state index contributed by atoms with van der Waals surface area (Å²) in [6.07, 6.45) is 5.09. The van der Waals surface area contributed by atoms with Crippen molar-refractivity contribution in [2.24, 2.45) is 11.7 Å². The van der Waals surface area contributed by atoms with Crippen LogP contribution in [0.3, 0.4) is 0 Å². The van der Waals surface area contributed by atoms with Crippen LogP contribution in [0.25, 0.3) is 21.9 Å². The summed E-state index contributed by atoms with van der Waals surface area (Å²) in [6, 6.07) is 2.17. The highest BCUT2D eigenvalue weighted by atomic mass is 19.1. The molecule has 9 heteroatoms. The first kappa shape index (κ1) is 19.4. The molecule has 2 unspecified atom stereocenters. The van der Waals surface area contributed by atoms with Crippen LogP contribution in [0, 0.1) is 25.6 Å². The predicted molar refractivity (Wildman–Crippen MR) is 122 cm³/mol. The number of piperidine rings is 1. The standard InChI is InChI=1S/C23H25FN8/c1-10-14(24)5-16(26-3)21-19(10)20-22(31-21)29-18(4-12-7-27-11(2)28-8-12)30-23(20)32-9-13-15(25)6-17(13)32/h5,7-8,13,15,17,26H,4,6,9,25H2,1-3H3,(H,29,30,31)/t13?,15?,17-/m0/s1. The minimum Gasteiger partial charge on any atom is -0.386 e. The molecule has 8 nitrogen and oxygen atoms in total. The van der Waals surface area contributed by atoms with E-state index in [0.717, 1.165) is 46.5 Å². The van der Waals surface area contributed by atoms with Gasteiger partial charge in [0.25, 0.3) is 0 Å². The highest BCUT2D eigenvalue weighted by molar-refractivity contribution is 6.16. The summed E-state index contributed by atoms with van der Waals surface area (Å²) in [4.78, 5) is 24.1. The molecule has 1 aliphatic heterocycles. The van der Waals surface area contributed by atoms with Crippen molar-refractivity contribution in [2.45, 2.75) is 38.8 Å². The first-order valence-corrected chi connectivity index (χ1v) is 10.9. The molecule has 3 atom stereocenters. The molecule has 1 saturated carbocycles. The molecule has 4 aromatic rings. The second-order valence-electron chi connectivity index (χ2n) is 8.94. The molecule has 4 N–H and O–H groups in total. The van der Waals surface area contributed by atoms with Crippen molar-refractivity contribution in [3.8, 4) is 0 Å². The number of nitrogens with one attached hydrogen (secondary N) is 2. The van der Waals surface area contributed by atoms with Gasteiger partial charge in [0.1, 0.15) is 28.9 Å². The zero-order chi connectivity index (χ0) is 22.1. The molecule has 2 aliphatic rings. The summed E-state index contributed by atoms with van der Waals surface area (Å²) < 4.78 is 14.8. The molecule has 0 amide bonds. The molecular weight excluding hydrogens is 407 g/mol. The Morgan fingerprint density at radius 1 is 1.22 bits per heavy atom. The summed E-state index contributed by atoms with van der Waals surface area (Å²) in [6.45, 7) is 4.54. The Morgan fingerprint density at radius 3 is 2.66 bits per heavy atom. The highest BCUT2D eigenvalue weighted by Crippen LogP contribution is 2.47. The quantitative estimate of drug-likeness (QED) is 0.455. The van der Waals surface area contributed by atoms with Crippen LogP contribution in [-0.4, -0.2) is 50.6 Å². The molecule has 0 spiro atoms. The van der Waals surface area contributed by atoms with Gasteiger partial charge in [0.2, 0.25) is 0 Å². The van der Waals surface area contributed by atoms with Crippen LogP contribution in [0.4, 0.5) is 15.9 Å². The average molecular weight is 433 g/mol. The van der Waals surface area contributed by atoms with Gasteiger partial charge in [0, 0.05) is 55.8 Å². The van der Waals surface area contributed by atoms with Gasteiger partial charge in [-0.05, 0) is 37.5 Å². The second-order valence-corrected chi connectivity index (χ2v) is 8.94. The van der Waals surface area contributed by atoms with E-state index in [-0.39, 0.29) is 11.9 Å². The van der Waals surface area contributed by atoms with Crippen LogP contribution < -0.4 is 16.0 Å². The summed E-state index contributed by atoms with van der Waals surface area (Å²) in [7, 11) is 1.79. The van der Waals surface area contributed by atoms with Crippen molar-refractivity contribution in [1.82, 2.24) is 24.9 Å². The van der Waals surface area contributed by atoms with Crippen LogP contribution in [-0.2, 0) is 6.42 Å². The van der Waals surface area contributed by atoms with E-state index in [1.807, 2.05) is 26.2 Å². The molecule has 4 heterocycles. The minimum atomic E-state index is -0.248. The fraction of sp³-hybridized carbons (Fsp3) is 0.391. The fourth-order valence-electron chi connectivity index (χ4n) is 5.10. The molecule has 2 fully saturated rings. The van der Waals surface area contributed by atoms with Gasteiger partial charge in [-0.1, -0.05) is 0 Å². The van der Waals surface area contributed by atoms with E-state index in [4.69, 9.17) is 15.7 Å². The van der Waals surface area contributed by atoms with Crippen LogP contribution in [0.15, 0.2) is 18.5 Å². The number of H-pyrrole nitrogens is 1. The lowest BCUT2D eigenvalue weighted by molar-refractivity contribution is 0.121. The Balaban J connectivity index is 1.56. The molecule has 3 aromatic heterocycles. The molecular formula is C23H25FN8. The largest absolute Gasteiger partial charge is 0.386 e. The maximum Gasteiger partial charge on any atom is 0.144 e. The number of aromatic amines is 1. The zero-order valence-corrected chi connectivity index (χ0v) is 18.3. The lowest BCUT2D eigenvalue weighted by Gasteiger charge is -2.59. The third kappa shape index (κ3) is 2.70. The van der Waals surface area contributed by atoms with Crippen LogP contribution in [0.1, 0.15) is 29.2 Å². The molecule has 32 heavy (non-hydrogen) atoms. The molecule has 1 saturated heterocycles. The van der Waals surface area contributed by atoms with Crippen molar-refractivity contribution in [3.63, 3.8) is 0 Å². The number of hydrogen-bond acceptors (Lipinski definition) is 7. The number of halogens is 1. The van der Waals surface area contributed by atoms with E-state index in [1.54, 1.807) is 7.05 Å². The smallest absolute Gasteiger partial charge is 0.144 e. The Bertz CT molecular complexity index is 1360. The Morgan fingerprint density at radius 2 is 2.00 bits per heavy atom. The third-order valence-corrected chi connectivity index (χ3v) is 7.06. The highest BCUT2D eigenvalue weighted by Gasteiger charge is 2.52. The number of fused-ring (bicyclic) bond motifs is 4. The van der Waals surface area contributed by atoms with Crippen molar-refractivity contribution in [3.05, 3.63) is 47.1 Å². The number of nitrogens with two attached hydrogens (primary N) is 1. The van der Waals surface area contributed by atoms with Gasteiger partial charge in [-0.2, -0.15) is 0 Å². The van der Waals surface area contributed by atoms with Crippen molar-refractivity contribution >= 4 is 33.4 Å². The molecule has 6 rings (SSSR count). The van der Waals surface area contributed by atoms with E-state index in [2.05, 4.69) is 25.2 Å². The van der Waals surface area contributed by atoms with Gasteiger partial charge < -0.3 is 20.9 Å². The van der Waals surface area contributed by atoms with Gasteiger partial charge in [0.15, 0.2) is 0 Å². The monoisotopic (exact) mass is 432 g/mol. The Labute approximate surface area is 184 Å². The number of rotatable bonds is 4. The number of nitrogens with zero attached hydrogens (tertiary/aromatic N) is 5. The van der Waals surface area contributed by atoms with Crippen molar-refractivity contribution in [1.29, 1.82) is 0 Å². The Kier molecular flexibility index (Phi) is 4.13. The average Bonchev–Trinajstić information content (AvgIpc) is 3.15. The first-order valence-electron chi connectivity index (χ1n) is 10.9. The third-order valence-electron chi connectivity index (χ3n) is 7.06.